The fraction of sp³-hybridized carbons (Fsp3) is 0.308. The Morgan fingerprint density at radius 1 is 1.05 bits per heavy atom. The van der Waals surface area contributed by atoms with E-state index in [0.29, 0.717) is 17.1 Å². The Bertz CT molecular complexity index is 1500. The third-order valence-electron chi connectivity index (χ3n) is 6.01. The number of nitrogens with one attached hydrogen (secondary N) is 1. The summed E-state index contributed by atoms with van der Waals surface area (Å²) in [6.45, 7) is 6.77. The molecular weight excluding hydrogens is 488 g/mol. The molecule has 3 heterocycles. The van der Waals surface area contributed by atoms with Gasteiger partial charge in [0.2, 0.25) is 17.6 Å². The highest BCUT2D eigenvalue weighted by molar-refractivity contribution is 5.98. The number of ketones is 1. The molecule has 4 rings (SSSR count). The van der Waals surface area contributed by atoms with Gasteiger partial charge in [-0.05, 0) is 31.4 Å². The van der Waals surface area contributed by atoms with Crippen LogP contribution in [0.4, 0.5) is 5.82 Å². The van der Waals surface area contributed by atoms with Gasteiger partial charge in [-0.1, -0.05) is 44.2 Å². The number of rotatable bonds is 9. The maximum Gasteiger partial charge on any atom is 0.294 e. The molecule has 3 aromatic heterocycles. The van der Waals surface area contributed by atoms with Gasteiger partial charge in [-0.2, -0.15) is 0 Å². The van der Waals surface area contributed by atoms with E-state index in [9.17, 15) is 14.4 Å². The van der Waals surface area contributed by atoms with Crippen molar-refractivity contribution in [3.63, 3.8) is 0 Å². The van der Waals surface area contributed by atoms with Gasteiger partial charge < -0.3 is 15.5 Å². The molecule has 4 aromatic rings. The molecule has 0 aliphatic heterocycles. The van der Waals surface area contributed by atoms with E-state index < -0.39 is 28.7 Å². The minimum atomic E-state index is -0.984. The summed E-state index contributed by atoms with van der Waals surface area (Å²) in [5, 5.41) is 10.7. The molecular formula is C26H28N8O4. The number of aromatic nitrogens is 6. The van der Waals surface area contributed by atoms with Gasteiger partial charge in [0.25, 0.3) is 11.4 Å². The van der Waals surface area contributed by atoms with Gasteiger partial charge in [0, 0.05) is 12.4 Å². The number of Topliss-reactive ketones (excluding diaryl/α,β-unsaturated/α-hetero) is 1. The maximum atomic E-state index is 13.3. The first-order valence-electron chi connectivity index (χ1n) is 12.0. The molecule has 0 bridgehead atoms. The van der Waals surface area contributed by atoms with E-state index in [1.165, 1.54) is 10.8 Å². The number of nitrogens with two attached hydrogens (primary N) is 1. The molecule has 1 atom stereocenters. The smallest absolute Gasteiger partial charge is 0.294 e. The van der Waals surface area contributed by atoms with Crippen molar-refractivity contribution in [3.05, 3.63) is 82.9 Å². The summed E-state index contributed by atoms with van der Waals surface area (Å²) in [4.78, 5) is 51.6. The second-order valence-corrected chi connectivity index (χ2v) is 9.55. The van der Waals surface area contributed by atoms with E-state index in [4.69, 9.17) is 10.2 Å². The van der Waals surface area contributed by atoms with Crippen molar-refractivity contribution in [1.82, 2.24) is 35.0 Å². The SMILES string of the molecule is CC(C)C(NC(=O)Cn1c(-c2ccccc2)cnc(N)c1=O)C(=O)c1nnc(C(C)(C)c2ncccn2)o1. The molecule has 0 aliphatic carbocycles. The van der Waals surface area contributed by atoms with Crippen LogP contribution in [-0.4, -0.2) is 47.4 Å². The Kier molecular flexibility index (Phi) is 7.42. The van der Waals surface area contributed by atoms with Crippen LogP contribution in [0.3, 0.4) is 0 Å². The summed E-state index contributed by atoms with van der Waals surface area (Å²) in [7, 11) is 0. The second kappa shape index (κ2) is 10.7. The van der Waals surface area contributed by atoms with Crippen LogP contribution in [0.25, 0.3) is 11.3 Å². The number of hydrogen-bond acceptors (Lipinski definition) is 10. The van der Waals surface area contributed by atoms with E-state index in [1.807, 2.05) is 6.07 Å². The number of anilines is 1. The van der Waals surface area contributed by atoms with Crippen LogP contribution in [-0.2, 0) is 16.8 Å². The third-order valence-corrected chi connectivity index (χ3v) is 6.01. The van der Waals surface area contributed by atoms with Crippen LogP contribution in [0.15, 0.2) is 64.2 Å². The third kappa shape index (κ3) is 5.33. The van der Waals surface area contributed by atoms with Crippen molar-refractivity contribution in [2.45, 2.75) is 45.7 Å². The Balaban J connectivity index is 1.56. The summed E-state index contributed by atoms with van der Waals surface area (Å²) >= 11 is 0. The zero-order valence-electron chi connectivity index (χ0n) is 21.5. The van der Waals surface area contributed by atoms with E-state index >= 15 is 0 Å². The zero-order valence-corrected chi connectivity index (χ0v) is 21.5. The Labute approximate surface area is 218 Å². The quantitative estimate of drug-likeness (QED) is 0.313. The van der Waals surface area contributed by atoms with E-state index in [2.05, 4.69) is 30.5 Å². The molecule has 0 radical (unpaired) electrons. The average molecular weight is 517 g/mol. The number of carbonyl (C=O) groups excluding carboxylic acids is 2. The van der Waals surface area contributed by atoms with Crippen molar-refractivity contribution < 1.29 is 14.0 Å². The summed E-state index contributed by atoms with van der Waals surface area (Å²) < 4.78 is 6.95. The predicted molar refractivity (Wildman–Crippen MR) is 138 cm³/mol. The molecule has 0 saturated carbocycles. The molecule has 1 amide bonds. The van der Waals surface area contributed by atoms with Crippen LogP contribution < -0.4 is 16.6 Å². The molecule has 12 heteroatoms. The molecule has 0 aliphatic rings. The lowest BCUT2D eigenvalue weighted by Crippen LogP contribution is -2.46. The lowest BCUT2D eigenvalue weighted by Gasteiger charge is -2.21. The molecule has 1 aromatic carbocycles. The number of carbonyl (C=O) groups is 2. The lowest BCUT2D eigenvalue weighted by molar-refractivity contribution is -0.122. The summed E-state index contributed by atoms with van der Waals surface area (Å²) in [6, 6.07) is 9.72. The molecule has 196 valence electrons. The van der Waals surface area contributed by atoms with Gasteiger partial charge in [-0.3, -0.25) is 19.0 Å². The van der Waals surface area contributed by atoms with Crippen LogP contribution in [0.2, 0.25) is 0 Å². The summed E-state index contributed by atoms with van der Waals surface area (Å²) in [5.41, 5.74) is 5.37. The van der Waals surface area contributed by atoms with Gasteiger partial charge >= 0.3 is 0 Å². The fourth-order valence-corrected chi connectivity index (χ4v) is 3.82. The highest BCUT2D eigenvalue weighted by Gasteiger charge is 2.35. The molecule has 0 spiro atoms. The zero-order chi connectivity index (χ0) is 27.4. The first-order chi connectivity index (χ1) is 18.1. The van der Waals surface area contributed by atoms with Crippen molar-refractivity contribution in [3.8, 4) is 11.3 Å². The van der Waals surface area contributed by atoms with Crippen LogP contribution in [0.5, 0.6) is 0 Å². The van der Waals surface area contributed by atoms with Crippen molar-refractivity contribution >= 4 is 17.5 Å². The largest absolute Gasteiger partial charge is 0.417 e. The topological polar surface area (TPSA) is 172 Å². The highest BCUT2D eigenvalue weighted by Crippen LogP contribution is 2.27. The number of nitrogens with zero attached hydrogens (tertiary/aromatic N) is 6. The normalized spacial score (nSPS) is 12.3. The van der Waals surface area contributed by atoms with Gasteiger partial charge in [-0.15, -0.1) is 10.2 Å². The first-order valence-corrected chi connectivity index (χ1v) is 12.0. The van der Waals surface area contributed by atoms with Crippen LogP contribution in [0, 0.1) is 5.92 Å². The number of amides is 1. The van der Waals surface area contributed by atoms with Gasteiger partial charge in [0.1, 0.15) is 17.8 Å². The standard InChI is InChI=1S/C26H28N8O4/c1-15(2)19(20(36)22-32-33-25(38-22)26(3,4)24-28-11-8-12-29-24)31-18(35)14-34-17(13-30-21(27)23(34)37)16-9-6-5-7-10-16/h5-13,15,19H,14H2,1-4H3,(H2,27,30)(H,31,35). The van der Waals surface area contributed by atoms with Gasteiger partial charge in [-0.25, -0.2) is 15.0 Å². The number of hydrogen-bond donors (Lipinski definition) is 2. The van der Waals surface area contributed by atoms with Crippen molar-refractivity contribution in [2.75, 3.05) is 5.73 Å². The van der Waals surface area contributed by atoms with Crippen molar-refractivity contribution in [2.24, 2.45) is 5.92 Å². The molecule has 3 N–H and O–H groups in total. The Morgan fingerprint density at radius 3 is 2.39 bits per heavy atom. The second-order valence-electron chi connectivity index (χ2n) is 9.55. The maximum absolute atomic E-state index is 13.3. The van der Waals surface area contributed by atoms with Crippen LogP contribution >= 0.6 is 0 Å². The highest BCUT2D eigenvalue weighted by atomic mass is 16.4. The molecule has 12 nitrogen and oxygen atoms in total. The van der Waals surface area contributed by atoms with Gasteiger partial charge in [0.05, 0.1) is 17.9 Å². The fourth-order valence-electron chi connectivity index (χ4n) is 3.82. The monoisotopic (exact) mass is 516 g/mol. The Hall–Kier alpha value is -4.74. The predicted octanol–water partition coefficient (Wildman–Crippen LogP) is 2.02. The average Bonchev–Trinajstić information content (AvgIpc) is 3.42. The lowest BCUT2D eigenvalue weighted by atomic mass is 9.92. The van der Waals surface area contributed by atoms with E-state index in [1.54, 1.807) is 70.4 Å². The molecule has 0 saturated heterocycles. The van der Waals surface area contributed by atoms with E-state index in [0.717, 1.165) is 0 Å². The summed E-state index contributed by atoms with van der Waals surface area (Å²) in [6.07, 6.45) is 4.63. The molecule has 0 fully saturated rings. The number of nitrogen functional groups attached to an aromatic ring is 1. The number of benzene rings is 1. The summed E-state index contributed by atoms with van der Waals surface area (Å²) in [5.74, 6) is -1.32. The minimum Gasteiger partial charge on any atom is -0.417 e. The molecule has 38 heavy (non-hydrogen) atoms. The van der Waals surface area contributed by atoms with Crippen LogP contribution in [0.1, 0.15) is 50.1 Å². The van der Waals surface area contributed by atoms with Gasteiger partial charge in [0.15, 0.2) is 5.82 Å². The first kappa shape index (κ1) is 26.3. The van der Waals surface area contributed by atoms with E-state index in [-0.39, 0.29) is 30.1 Å². The van der Waals surface area contributed by atoms with Crippen molar-refractivity contribution in [1.29, 1.82) is 0 Å². The molecule has 1 unspecified atom stereocenters. The Morgan fingerprint density at radius 2 is 1.74 bits per heavy atom. The minimum absolute atomic E-state index is 0.159.